The van der Waals surface area contributed by atoms with E-state index in [1.54, 1.807) is 6.07 Å². The first-order chi connectivity index (χ1) is 8.75. The van der Waals surface area contributed by atoms with Gasteiger partial charge in [-0.05, 0) is 11.6 Å². The molecule has 0 unspecified atom stereocenters. The van der Waals surface area contributed by atoms with E-state index >= 15 is 0 Å². The Hall–Kier alpha value is -1.68. The molecule has 0 aliphatic carbocycles. The Kier molecular flexibility index (Phi) is 2.88. The van der Waals surface area contributed by atoms with E-state index in [0.29, 0.717) is 12.0 Å². The molecule has 94 valence electrons. The Labute approximate surface area is 106 Å². The molecular weight excluding hydrogens is 229 g/mol. The molecule has 1 aliphatic rings. The van der Waals surface area contributed by atoms with Crippen molar-refractivity contribution in [2.24, 2.45) is 7.05 Å². The van der Waals surface area contributed by atoms with Crippen LogP contribution in [0.3, 0.4) is 0 Å². The van der Waals surface area contributed by atoms with Crippen molar-refractivity contribution in [3.63, 3.8) is 0 Å². The van der Waals surface area contributed by atoms with Crippen LogP contribution < -0.4 is 5.32 Å². The van der Waals surface area contributed by atoms with Crippen LogP contribution >= 0.6 is 0 Å². The molecule has 0 amide bonds. The first-order valence-electron chi connectivity index (χ1n) is 6.23. The second kappa shape index (κ2) is 4.53. The first kappa shape index (κ1) is 11.4. The van der Waals surface area contributed by atoms with Crippen LogP contribution in [0.4, 0.5) is 4.39 Å². The third-order valence-electron chi connectivity index (χ3n) is 3.53. The van der Waals surface area contributed by atoms with Crippen LogP contribution in [-0.2, 0) is 26.4 Å². The van der Waals surface area contributed by atoms with Crippen molar-refractivity contribution >= 4 is 0 Å². The minimum atomic E-state index is -0.156. The zero-order valence-electron chi connectivity index (χ0n) is 10.4. The summed E-state index contributed by atoms with van der Waals surface area (Å²) in [5.41, 5.74) is 3.09. The number of rotatable bonds is 2. The molecular formula is C14H16FN3. The van der Waals surface area contributed by atoms with E-state index in [9.17, 15) is 4.39 Å². The van der Waals surface area contributed by atoms with E-state index < -0.39 is 0 Å². The molecule has 1 aromatic heterocycles. The SMILES string of the molecule is Cn1c(Cc2ccccc2F)nc2c1CCNC2. The first-order valence-corrected chi connectivity index (χ1v) is 6.23. The maximum absolute atomic E-state index is 13.6. The summed E-state index contributed by atoms with van der Waals surface area (Å²) >= 11 is 0. The minimum Gasteiger partial charge on any atom is -0.334 e. The number of benzene rings is 1. The van der Waals surface area contributed by atoms with Crippen molar-refractivity contribution in [1.29, 1.82) is 0 Å². The van der Waals surface area contributed by atoms with Crippen molar-refractivity contribution in [2.45, 2.75) is 19.4 Å². The highest BCUT2D eigenvalue weighted by Gasteiger charge is 2.18. The van der Waals surface area contributed by atoms with Gasteiger partial charge in [-0.15, -0.1) is 0 Å². The number of imidazole rings is 1. The zero-order valence-corrected chi connectivity index (χ0v) is 10.4. The van der Waals surface area contributed by atoms with Crippen LogP contribution in [0, 0.1) is 5.82 Å². The lowest BCUT2D eigenvalue weighted by Gasteiger charge is -2.13. The quantitative estimate of drug-likeness (QED) is 0.874. The van der Waals surface area contributed by atoms with Crippen LogP contribution in [0.2, 0.25) is 0 Å². The molecule has 1 aliphatic heterocycles. The Bertz CT molecular complexity index is 574. The molecule has 0 spiro atoms. The molecule has 0 radical (unpaired) electrons. The van der Waals surface area contributed by atoms with E-state index in [2.05, 4.69) is 14.9 Å². The van der Waals surface area contributed by atoms with Gasteiger partial charge in [0.2, 0.25) is 0 Å². The summed E-state index contributed by atoms with van der Waals surface area (Å²) in [5, 5.41) is 3.31. The second-order valence-electron chi connectivity index (χ2n) is 4.68. The number of fused-ring (bicyclic) bond motifs is 1. The Morgan fingerprint density at radius 3 is 3.00 bits per heavy atom. The molecule has 4 heteroatoms. The second-order valence-corrected chi connectivity index (χ2v) is 4.68. The van der Waals surface area contributed by atoms with Gasteiger partial charge in [0.15, 0.2) is 0 Å². The maximum Gasteiger partial charge on any atom is 0.126 e. The topological polar surface area (TPSA) is 29.9 Å². The van der Waals surface area contributed by atoms with E-state index in [1.807, 2.05) is 19.2 Å². The lowest BCUT2D eigenvalue weighted by molar-refractivity contribution is 0.605. The lowest BCUT2D eigenvalue weighted by atomic mass is 10.1. The molecule has 2 aromatic rings. The maximum atomic E-state index is 13.6. The zero-order chi connectivity index (χ0) is 12.5. The minimum absolute atomic E-state index is 0.156. The lowest BCUT2D eigenvalue weighted by Crippen LogP contribution is -2.24. The highest BCUT2D eigenvalue weighted by molar-refractivity contribution is 5.26. The van der Waals surface area contributed by atoms with E-state index in [1.165, 1.54) is 11.8 Å². The molecule has 1 aromatic carbocycles. The van der Waals surface area contributed by atoms with Gasteiger partial charge in [-0.2, -0.15) is 0 Å². The highest BCUT2D eigenvalue weighted by atomic mass is 19.1. The molecule has 18 heavy (non-hydrogen) atoms. The van der Waals surface area contributed by atoms with Crippen LogP contribution in [0.5, 0.6) is 0 Å². The highest BCUT2D eigenvalue weighted by Crippen LogP contribution is 2.18. The molecule has 0 bridgehead atoms. The van der Waals surface area contributed by atoms with Crippen molar-refractivity contribution in [3.8, 4) is 0 Å². The molecule has 3 rings (SSSR count). The van der Waals surface area contributed by atoms with Crippen LogP contribution in [0.1, 0.15) is 22.8 Å². The third-order valence-corrected chi connectivity index (χ3v) is 3.53. The van der Waals surface area contributed by atoms with Gasteiger partial charge in [0.05, 0.1) is 5.69 Å². The summed E-state index contributed by atoms with van der Waals surface area (Å²) in [5.74, 6) is 0.783. The number of hydrogen-bond acceptors (Lipinski definition) is 2. The fourth-order valence-electron chi connectivity index (χ4n) is 2.48. The summed E-state index contributed by atoms with van der Waals surface area (Å²) in [6.07, 6.45) is 1.55. The average Bonchev–Trinajstić information content (AvgIpc) is 2.70. The van der Waals surface area contributed by atoms with Gasteiger partial charge >= 0.3 is 0 Å². The molecule has 3 nitrogen and oxygen atoms in total. The molecule has 0 fully saturated rings. The average molecular weight is 245 g/mol. The summed E-state index contributed by atoms with van der Waals surface area (Å²) in [6, 6.07) is 6.90. The van der Waals surface area contributed by atoms with Gasteiger partial charge in [-0.25, -0.2) is 9.37 Å². The number of nitrogens with zero attached hydrogens (tertiary/aromatic N) is 2. The van der Waals surface area contributed by atoms with Crippen molar-refractivity contribution < 1.29 is 4.39 Å². The van der Waals surface area contributed by atoms with Gasteiger partial charge in [0, 0.05) is 38.7 Å². The van der Waals surface area contributed by atoms with Gasteiger partial charge in [0.1, 0.15) is 11.6 Å². The number of aromatic nitrogens is 2. The fourth-order valence-corrected chi connectivity index (χ4v) is 2.48. The molecule has 0 saturated carbocycles. The summed E-state index contributed by atoms with van der Waals surface area (Å²) in [7, 11) is 2.02. The summed E-state index contributed by atoms with van der Waals surface area (Å²) < 4.78 is 15.8. The monoisotopic (exact) mass is 245 g/mol. The van der Waals surface area contributed by atoms with E-state index in [4.69, 9.17) is 0 Å². The van der Waals surface area contributed by atoms with Crippen LogP contribution in [0.15, 0.2) is 24.3 Å². The molecule has 1 N–H and O–H groups in total. The smallest absolute Gasteiger partial charge is 0.126 e. The Balaban J connectivity index is 1.94. The van der Waals surface area contributed by atoms with Gasteiger partial charge < -0.3 is 9.88 Å². The normalized spacial score (nSPS) is 14.6. The van der Waals surface area contributed by atoms with Gasteiger partial charge in [0.25, 0.3) is 0 Å². The predicted octanol–water partition coefficient (Wildman–Crippen LogP) is 1.80. The standard InChI is InChI=1S/C14H16FN3/c1-18-13-6-7-16-9-12(13)17-14(18)8-10-4-2-3-5-11(10)15/h2-5,16H,6-9H2,1H3. The van der Waals surface area contributed by atoms with Crippen LogP contribution in [-0.4, -0.2) is 16.1 Å². The largest absolute Gasteiger partial charge is 0.334 e. The fraction of sp³-hybridized carbons (Fsp3) is 0.357. The number of hydrogen-bond donors (Lipinski definition) is 1. The molecule has 2 heterocycles. The van der Waals surface area contributed by atoms with Crippen molar-refractivity contribution in [1.82, 2.24) is 14.9 Å². The van der Waals surface area contributed by atoms with Crippen molar-refractivity contribution in [3.05, 3.63) is 52.9 Å². The number of nitrogens with one attached hydrogen (secondary N) is 1. The Morgan fingerprint density at radius 1 is 1.39 bits per heavy atom. The Morgan fingerprint density at radius 2 is 2.22 bits per heavy atom. The van der Waals surface area contributed by atoms with Gasteiger partial charge in [-0.3, -0.25) is 0 Å². The van der Waals surface area contributed by atoms with E-state index in [0.717, 1.165) is 31.0 Å². The summed E-state index contributed by atoms with van der Waals surface area (Å²) in [6.45, 7) is 1.81. The van der Waals surface area contributed by atoms with E-state index in [-0.39, 0.29) is 5.82 Å². The van der Waals surface area contributed by atoms with Gasteiger partial charge in [-0.1, -0.05) is 18.2 Å². The van der Waals surface area contributed by atoms with Crippen LogP contribution in [0.25, 0.3) is 0 Å². The summed E-state index contributed by atoms with van der Waals surface area (Å²) in [4.78, 5) is 4.62. The molecule has 0 saturated heterocycles. The predicted molar refractivity (Wildman–Crippen MR) is 67.8 cm³/mol. The third kappa shape index (κ3) is 1.93. The number of halogens is 1. The van der Waals surface area contributed by atoms with Crippen molar-refractivity contribution in [2.75, 3.05) is 6.54 Å². The molecule has 0 atom stereocenters.